The highest BCUT2D eigenvalue weighted by Gasteiger charge is 2.52. The molecule has 2 bridgehead atoms. The Labute approximate surface area is 152 Å². The first-order valence-corrected chi connectivity index (χ1v) is 9.36. The van der Waals surface area contributed by atoms with Crippen LogP contribution in [-0.2, 0) is 9.59 Å². The van der Waals surface area contributed by atoms with E-state index in [-0.39, 0.29) is 43.4 Å². The van der Waals surface area contributed by atoms with E-state index < -0.39 is 24.3 Å². The van der Waals surface area contributed by atoms with Crippen LogP contribution in [0, 0.1) is 16.7 Å². The van der Waals surface area contributed by atoms with Crippen molar-refractivity contribution in [2.75, 3.05) is 26.3 Å². The second-order valence-electron chi connectivity index (χ2n) is 7.88. The highest BCUT2D eigenvalue weighted by Crippen LogP contribution is 2.52. The number of alkyl halides is 2. The van der Waals surface area contributed by atoms with E-state index in [0.29, 0.717) is 0 Å². The van der Waals surface area contributed by atoms with Gasteiger partial charge in [-0.05, 0) is 38.5 Å². The van der Waals surface area contributed by atoms with Crippen LogP contribution in [0.5, 0.6) is 0 Å². The number of nitriles is 1. The zero-order valence-electron chi connectivity index (χ0n) is 14.9. The molecule has 0 aromatic carbocycles. The molecule has 3 aliphatic carbocycles. The summed E-state index contributed by atoms with van der Waals surface area (Å²) in [7, 11) is 0. The Morgan fingerprint density at radius 1 is 1.19 bits per heavy atom. The first-order valence-electron chi connectivity index (χ1n) is 9.36. The van der Waals surface area contributed by atoms with E-state index in [9.17, 15) is 18.4 Å². The maximum Gasteiger partial charge on any atom is 0.237 e. The van der Waals surface area contributed by atoms with Gasteiger partial charge in [0.2, 0.25) is 11.8 Å². The molecule has 1 heterocycles. The van der Waals surface area contributed by atoms with Gasteiger partial charge in [0.15, 0.2) is 0 Å². The predicted octanol–water partition coefficient (Wildman–Crippen LogP) is 1.22. The van der Waals surface area contributed by atoms with E-state index in [1.54, 1.807) is 0 Å². The fraction of sp³-hybridized carbons (Fsp3) is 0.833. The van der Waals surface area contributed by atoms with Crippen molar-refractivity contribution < 1.29 is 18.4 Å². The van der Waals surface area contributed by atoms with Gasteiger partial charge in [-0.15, -0.1) is 0 Å². The van der Waals surface area contributed by atoms with Crippen LogP contribution >= 0.6 is 0 Å². The number of nitrogens with one attached hydrogen (secondary N) is 2. The van der Waals surface area contributed by atoms with Gasteiger partial charge in [0.25, 0.3) is 0 Å². The maximum absolute atomic E-state index is 13.5. The van der Waals surface area contributed by atoms with Crippen LogP contribution in [-0.4, -0.2) is 60.8 Å². The van der Waals surface area contributed by atoms with Crippen molar-refractivity contribution in [2.45, 2.75) is 62.7 Å². The minimum absolute atomic E-state index is 0.0103. The summed E-state index contributed by atoms with van der Waals surface area (Å²) >= 11 is 0. The van der Waals surface area contributed by atoms with E-state index in [1.165, 1.54) is 4.90 Å². The molecule has 1 aliphatic heterocycles. The summed E-state index contributed by atoms with van der Waals surface area (Å²) in [5, 5.41) is 15.1. The van der Waals surface area contributed by atoms with Gasteiger partial charge < -0.3 is 15.5 Å². The average Bonchev–Trinajstić information content (AvgIpc) is 3.06. The van der Waals surface area contributed by atoms with Gasteiger partial charge in [-0.25, -0.2) is 8.78 Å². The molecule has 0 radical (unpaired) electrons. The fourth-order valence-electron chi connectivity index (χ4n) is 4.69. The molecule has 0 spiro atoms. The molecule has 2 atom stereocenters. The Balaban J connectivity index is 1.53. The molecule has 144 valence electrons. The molecule has 0 unspecified atom stereocenters. The number of likely N-dealkylation sites (tertiary alicyclic amines) is 1. The monoisotopic (exact) mass is 368 g/mol. The topological polar surface area (TPSA) is 85.2 Å². The van der Waals surface area contributed by atoms with E-state index >= 15 is 0 Å². The molecule has 6 nitrogen and oxygen atoms in total. The number of hydrogen-bond acceptors (Lipinski definition) is 4. The molecule has 2 N–H and O–H groups in total. The molecule has 0 aromatic rings. The second-order valence-corrected chi connectivity index (χ2v) is 7.88. The van der Waals surface area contributed by atoms with Crippen molar-refractivity contribution in [2.24, 2.45) is 5.41 Å². The fourth-order valence-corrected chi connectivity index (χ4v) is 4.69. The van der Waals surface area contributed by atoms with E-state index in [2.05, 4.69) is 10.6 Å². The third-order valence-corrected chi connectivity index (χ3v) is 6.44. The van der Waals surface area contributed by atoms with Gasteiger partial charge in [-0.3, -0.25) is 9.59 Å². The zero-order valence-corrected chi connectivity index (χ0v) is 14.9. The molecule has 8 heteroatoms. The smallest absolute Gasteiger partial charge is 0.237 e. The summed E-state index contributed by atoms with van der Waals surface area (Å²) in [6, 6.07) is 1.32. The van der Waals surface area contributed by atoms with Gasteiger partial charge in [-0.2, -0.15) is 5.26 Å². The number of rotatable bonds is 6. The number of fused-ring (bicyclic) bond motifs is 3. The number of amides is 2. The Bertz CT molecular complexity index is 582. The average molecular weight is 368 g/mol. The first kappa shape index (κ1) is 19.0. The quantitative estimate of drug-likeness (QED) is 0.738. The van der Waals surface area contributed by atoms with Gasteiger partial charge in [0.1, 0.15) is 18.9 Å². The Hall–Kier alpha value is -1.75. The van der Waals surface area contributed by atoms with Crippen LogP contribution in [0.4, 0.5) is 8.78 Å². The molecule has 4 rings (SSSR count). The lowest BCUT2D eigenvalue weighted by Crippen LogP contribution is -2.60. The first-order chi connectivity index (χ1) is 12.4. The standard InChI is InChI=1S/C18H26F2N4O2/c19-7-8-22-16(26)17-1-4-18(5-2-17,6-3-17)23-11-15(25)24-12-13(20)9-14(24)10-21/h13-14,23H,1-9,11-12H2,(H,22,26)/t13-,14-,17?,18?/m0/s1. The molecular formula is C18H26F2N4O2. The summed E-state index contributed by atoms with van der Waals surface area (Å²) in [6.45, 7) is -0.422. The van der Waals surface area contributed by atoms with Crippen molar-refractivity contribution in [3.8, 4) is 6.07 Å². The Morgan fingerprint density at radius 3 is 2.42 bits per heavy atom. The van der Waals surface area contributed by atoms with Gasteiger partial charge in [0.05, 0.1) is 19.2 Å². The molecule has 4 aliphatic rings. The molecule has 4 fully saturated rings. The lowest BCUT2D eigenvalue weighted by Gasteiger charge is -2.52. The van der Waals surface area contributed by atoms with E-state index in [1.807, 2.05) is 6.07 Å². The SMILES string of the molecule is N#C[C@@H]1C[C@H](F)CN1C(=O)CNC12CCC(C(=O)NCCF)(CC1)CC2. The molecule has 0 aromatic heterocycles. The van der Waals surface area contributed by atoms with Crippen LogP contribution in [0.25, 0.3) is 0 Å². The number of carbonyl (C=O) groups is 2. The Morgan fingerprint density at radius 2 is 1.85 bits per heavy atom. The van der Waals surface area contributed by atoms with Crippen LogP contribution < -0.4 is 10.6 Å². The summed E-state index contributed by atoms with van der Waals surface area (Å²) in [5.74, 6) is -0.295. The van der Waals surface area contributed by atoms with Crippen LogP contribution in [0.2, 0.25) is 0 Å². The number of halogens is 2. The van der Waals surface area contributed by atoms with Gasteiger partial charge in [0, 0.05) is 23.9 Å². The normalized spacial score (nSPS) is 36.0. The van der Waals surface area contributed by atoms with Gasteiger partial charge >= 0.3 is 0 Å². The third-order valence-electron chi connectivity index (χ3n) is 6.44. The highest BCUT2D eigenvalue weighted by atomic mass is 19.1. The third kappa shape index (κ3) is 3.54. The van der Waals surface area contributed by atoms with Crippen molar-refractivity contribution in [1.82, 2.24) is 15.5 Å². The van der Waals surface area contributed by atoms with Crippen molar-refractivity contribution in [3.05, 3.63) is 0 Å². The maximum atomic E-state index is 13.5. The van der Waals surface area contributed by atoms with Crippen LogP contribution in [0.3, 0.4) is 0 Å². The number of carbonyl (C=O) groups excluding carboxylic acids is 2. The molecule has 26 heavy (non-hydrogen) atoms. The summed E-state index contributed by atoms with van der Waals surface area (Å²) < 4.78 is 25.8. The lowest BCUT2D eigenvalue weighted by atomic mass is 9.57. The molecular weight excluding hydrogens is 342 g/mol. The lowest BCUT2D eigenvalue weighted by molar-refractivity contribution is -0.139. The largest absolute Gasteiger partial charge is 0.353 e. The summed E-state index contributed by atoms with van der Waals surface area (Å²) in [5.41, 5.74) is -0.570. The number of hydrogen-bond donors (Lipinski definition) is 2. The molecule has 3 saturated carbocycles. The predicted molar refractivity (Wildman–Crippen MR) is 90.5 cm³/mol. The van der Waals surface area contributed by atoms with E-state index in [0.717, 1.165) is 38.5 Å². The summed E-state index contributed by atoms with van der Waals surface area (Å²) in [6.07, 6.45) is 3.50. The zero-order chi connectivity index (χ0) is 18.8. The van der Waals surface area contributed by atoms with Crippen molar-refractivity contribution in [1.29, 1.82) is 5.26 Å². The van der Waals surface area contributed by atoms with E-state index in [4.69, 9.17) is 5.26 Å². The highest BCUT2D eigenvalue weighted by molar-refractivity contribution is 5.83. The molecule has 2 amide bonds. The van der Waals surface area contributed by atoms with Crippen LogP contribution in [0.15, 0.2) is 0 Å². The van der Waals surface area contributed by atoms with Gasteiger partial charge in [-0.1, -0.05) is 0 Å². The summed E-state index contributed by atoms with van der Waals surface area (Å²) in [4.78, 5) is 26.1. The van der Waals surface area contributed by atoms with Crippen molar-refractivity contribution >= 4 is 11.8 Å². The minimum atomic E-state index is -1.13. The minimum Gasteiger partial charge on any atom is -0.353 e. The van der Waals surface area contributed by atoms with Crippen LogP contribution in [0.1, 0.15) is 44.9 Å². The Kier molecular flexibility index (Phi) is 5.47. The second kappa shape index (κ2) is 7.47. The van der Waals surface area contributed by atoms with Crippen molar-refractivity contribution in [3.63, 3.8) is 0 Å². The molecule has 1 saturated heterocycles. The number of nitrogens with zero attached hydrogens (tertiary/aromatic N) is 2.